The number of rotatable bonds is 4. The molecule has 2 aromatic rings. The molecule has 1 aromatic heterocycles. The van der Waals surface area contributed by atoms with Crippen LogP contribution < -0.4 is 5.73 Å². The largest absolute Gasteiger partial charge is 0.384 e. The lowest BCUT2D eigenvalue weighted by Crippen LogP contribution is -2.06. The van der Waals surface area contributed by atoms with Crippen LogP contribution in [0.5, 0.6) is 0 Å². The molecule has 0 fully saturated rings. The fraction of sp³-hybridized carbons (Fsp3) is 0.357. The first-order valence-electron chi connectivity index (χ1n) is 6.16. The molecule has 2 N–H and O–H groups in total. The quantitative estimate of drug-likeness (QED) is 0.900. The van der Waals surface area contributed by atoms with Crippen LogP contribution in [0.15, 0.2) is 30.3 Å². The van der Waals surface area contributed by atoms with Crippen LogP contribution in [0.25, 0.3) is 11.3 Å². The lowest BCUT2D eigenvalue weighted by atomic mass is 10.1. The molecule has 0 aliphatic heterocycles. The number of anilines is 1. The molecule has 2 rings (SSSR count). The van der Waals surface area contributed by atoms with E-state index in [1.54, 1.807) is 28.9 Å². The highest BCUT2D eigenvalue weighted by Gasteiger charge is 2.10. The van der Waals surface area contributed by atoms with Crippen molar-refractivity contribution >= 4 is 5.82 Å². The van der Waals surface area contributed by atoms with E-state index in [1.807, 2.05) is 0 Å². The molecule has 0 atom stereocenters. The molecule has 1 aromatic carbocycles. The predicted molar refractivity (Wildman–Crippen MR) is 71.5 cm³/mol. The summed E-state index contributed by atoms with van der Waals surface area (Å²) in [6.07, 6.45) is 1.00. The third-order valence-corrected chi connectivity index (χ3v) is 2.88. The molecule has 3 nitrogen and oxygen atoms in total. The molecule has 0 aliphatic rings. The highest BCUT2D eigenvalue weighted by atomic mass is 19.1. The minimum absolute atomic E-state index is 0.272. The van der Waals surface area contributed by atoms with Gasteiger partial charge in [-0.3, -0.25) is 0 Å². The van der Waals surface area contributed by atoms with Crippen LogP contribution in [0.4, 0.5) is 10.2 Å². The second-order valence-corrected chi connectivity index (χ2v) is 4.84. The van der Waals surface area contributed by atoms with E-state index in [0.717, 1.165) is 13.0 Å². The first kappa shape index (κ1) is 12.6. The fourth-order valence-corrected chi connectivity index (χ4v) is 1.79. The maximum Gasteiger partial charge on any atom is 0.132 e. The Morgan fingerprint density at radius 1 is 1.33 bits per heavy atom. The Morgan fingerprint density at radius 2 is 2.06 bits per heavy atom. The number of hydrogen-bond acceptors (Lipinski definition) is 2. The Hall–Kier alpha value is -1.84. The predicted octanol–water partition coefficient (Wildman–Crippen LogP) is 3.32. The molecule has 0 bridgehead atoms. The van der Waals surface area contributed by atoms with Crippen molar-refractivity contribution in [2.75, 3.05) is 5.73 Å². The van der Waals surface area contributed by atoms with Gasteiger partial charge in [0, 0.05) is 18.2 Å². The monoisotopic (exact) mass is 247 g/mol. The molecule has 18 heavy (non-hydrogen) atoms. The van der Waals surface area contributed by atoms with Gasteiger partial charge in [0.2, 0.25) is 0 Å². The summed E-state index contributed by atoms with van der Waals surface area (Å²) in [5, 5.41) is 4.36. The zero-order valence-corrected chi connectivity index (χ0v) is 10.7. The average molecular weight is 247 g/mol. The summed E-state index contributed by atoms with van der Waals surface area (Å²) >= 11 is 0. The van der Waals surface area contributed by atoms with E-state index in [-0.39, 0.29) is 5.82 Å². The molecule has 0 saturated heterocycles. The van der Waals surface area contributed by atoms with Gasteiger partial charge >= 0.3 is 0 Å². The minimum Gasteiger partial charge on any atom is -0.384 e. The summed E-state index contributed by atoms with van der Waals surface area (Å²) in [5.74, 6) is 0.894. The number of nitrogens with two attached hydrogens (primary N) is 1. The molecule has 0 unspecified atom stereocenters. The van der Waals surface area contributed by atoms with Crippen LogP contribution in [0.3, 0.4) is 0 Å². The van der Waals surface area contributed by atoms with Crippen molar-refractivity contribution in [3.05, 3.63) is 36.1 Å². The number of aromatic nitrogens is 2. The van der Waals surface area contributed by atoms with Gasteiger partial charge in [0.25, 0.3) is 0 Å². The molecule has 0 saturated carbocycles. The van der Waals surface area contributed by atoms with Gasteiger partial charge in [0.15, 0.2) is 0 Å². The van der Waals surface area contributed by atoms with E-state index < -0.39 is 0 Å². The summed E-state index contributed by atoms with van der Waals surface area (Å²) in [4.78, 5) is 0. The normalized spacial score (nSPS) is 11.1. The van der Waals surface area contributed by atoms with Crippen LogP contribution in [-0.4, -0.2) is 9.78 Å². The lowest BCUT2D eigenvalue weighted by molar-refractivity contribution is 0.492. The van der Waals surface area contributed by atoms with Gasteiger partial charge in [-0.15, -0.1) is 0 Å². The van der Waals surface area contributed by atoms with Crippen molar-refractivity contribution in [2.45, 2.75) is 26.8 Å². The van der Waals surface area contributed by atoms with E-state index >= 15 is 0 Å². The highest BCUT2D eigenvalue weighted by molar-refractivity contribution is 5.62. The number of benzene rings is 1. The zero-order valence-electron chi connectivity index (χ0n) is 10.7. The number of nitrogen functional groups attached to an aromatic ring is 1. The smallest absolute Gasteiger partial charge is 0.132 e. The average Bonchev–Trinajstić information content (AvgIpc) is 2.68. The fourth-order valence-electron chi connectivity index (χ4n) is 1.79. The summed E-state index contributed by atoms with van der Waals surface area (Å²) in [6.45, 7) is 5.06. The van der Waals surface area contributed by atoms with Crippen molar-refractivity contribution in [3.8, 4) is 11.3 Å². The number of hydrogen-bond donors (Lipinski definition) is 1. The van der Waals surface area contributed by atoms with Crippen molar-refractivity contribution < 1.29 is 4.39 Å². The maximum absolute atomic E-state index is 13.6. The van der Waals surface area contributed by atoms with Gasteiger partial charge in [0.1, 0.15) is 11.6 Å². The summed E-state index contributed by atoms with van der Waals surface area (Å²) in [5.41, 5.74) is 6.98. The summed E-state index contributed by atoms with van der Waals surface area (Å²) in [7, 11) is 0. The van der Waals surface area contributed by atoms with Gasteiger partial charge in [-0.1, -0.05) is 26.0 Å². The third kappa shape index (κ3) is 2.70. The molecule has 96 valence electrons. The minimum atomic E-state index is -0.272. The zero-order chi connectivity index (χ0) is 13.1. The number of nitrogens with zero attached hydrogens (tertiary/aromatic N) is 2. The van der Waals surface area contributed by atoms with Gasteiger partial charge < -0.3 is 5.73 Å². The van der Waals surface area contributed by atoms with Gasteiger partial charge in [-0.2, -0.15) is 5.10 Å². The molecule has 0 radical (unpaired) electrons. The van der Waals surface area contributed by atoms with Gasteiger partial charge in [-0.25, -0.2) is 9.07 Å². The van der Waals surface area contributed by atoms with Crippen molar-refractivity contribution in [2.24, 2.45) is 5.92 Å². The Balaban J connectivity index is 2.26. The molecular formula is C14H18FN3. The highest BCUT2D eigenvalue weighted by Crippen LogP contribution is 2.23. The van der Waals surface area contributed by atoms with Crippen molar-refractivity contribution in [3.63, 3.8) is 0 Å². The lowest BCUT2D eigenvalue weighted by Gasteiger charge is -2.06. The molecule has 0 amide bonds. The van der Waals surface area contributed by atoms with E-state index in [2.05, 4.69) is 18.9 Å². The first-order valence-corrected chi connectivity index (χ1v) is 6.16. The van der Waals surface area contributed by atoms with Crippen molar-refractivity contribution in [1.82, 2.24) is 9.78 Å². The third-order valence-electron chi connectivity index (χ3n) is 2.88. The molecule has 0 spiro atoms. The van der Waals surface area contributed by atoms with E-state index in [0.29, 0.717) is 23.0 Å². The first-order chi connectivity index (χ1) is 8.58. The Morgan fingerprint density at radius 3 is 2.72 bits per heavy atom. The van der Waals surface area contributed by atoms with Crippen LogP contribution in [0, 0.1) is 11.7 Å². The van der Waals surface area contributed by atoms with Crippen LogP contribution >= 0.6 is 0 Å². The summed E-state index contributed by atoms with van der Waals surface area (Å²) in [6, 6.07) is 8.32. The second kappa shape index (κ2) is 5.21. The van der Waals surface area contributed by atoms with E-state index in [1.165, 1.54) is 6.07 Å². The second-order valence-electron chi connectivity index (χ2n) is 4.84. The maximum atomic E-state index is 13.6. The topological polar surface area (TPSA) is 43.8 Å². The Bertz CT molecular complexity index is 532. The van der Waals surface area contributed by atoms with Gasteiger partial charge in [-0.05, 0) is 24.5 Å². The van der Waals surface area contributed by atoms with Crippen LogP contribution in [0.1, 0.15) is 20.3 Å². The van der Waals surface area contributed by atoms with E-state index in [4.69, 9.17) is 5.73 Å². The SMILES string of the molecule is CC(C)CCn1nc(-c2ccccc2F)cc1N. The standard InChI is InChI=1S/C14H18FN3/c1-10(2)7-8-18-14(16)9-13(17-18)11-5-3-4-6-12(11)15/h3-6,9-10H,7-8,16H2,1-2H3. The van der Waals surface area contributed by atoms with Gasteiger partial charge in [0.05, 0.1) is 5.69 Å². The Kier molecular flexibility index (Phi) is 3.65. The molecular weight excluding hydrogens is 229 g/mol. The number of aryl methyl sites for hydroxylation is 1. The van der Waals surface area contributed by atoms with Crippen molar-refractivity contribution in [1.29, 1.82) is 0 Å². The van der Waals surface area contributed by atoms with Crippen LogP contribution in [-0.2, 0) is 6.54 Å². The summed E-state index contributed by atoms with van der Waals surface area (Å²) < 4.78 is 15.4. The molecule has 1 heterocycles. The number of halogens is 1. The molecule has 0 aliphatic carbocycles. The van der Waals surface area contributed by atoms with Crippen LogP contribution in [0.2, 0.25) is 0 Å². The Labute approximate surface area is 106 Å². The molecule has 4 heteroatoms. The van der Waals surface area contributed by atoms with E-state index in [9.17, 15) is 4.39 Å².